The Kier molecular flexibility index (Phi) is 9.30. The average Bonchev–Trinajstić information content (AvgIpc) is 3.53. The van der Waals surface area contributed by atoms with Gasteiger partial charge >= 0.3 is 6.18 Å². The van der Waals surface area contributed by atoms with Gasteiger partial charge in [0.1, 0.15) is 12.3 Å². The molecule has 224 valence electrons. The maximum atomic E-state index is 13.5. The van der Waals surface area contributed by atoms with E-state index in [1.165, 1.54) is 23.5 Å². The third-order valence-electron chi connectivity index (χ3n) is 7.28. The van der Waals surface area contributed by atoms with E-state index in [1.54, 1.807) is 53.8 Å². The zero-order valence-corrected chi connectivity index (χ0v) is 24.2. The first-order valence-corrected chi connectivity index (χ1v) is 14.7. The molecule has 7 nitrogen and oxygen atoms in total. The number of nitrogens with one attached hydrogen (secondary N) is 1. The molecule has 1 aliphatic heterocycles. The first kappa shape index (κ1) is 30.1. The number of piperidine rings is 1. The molecule has 1 aromatic heterocycles. The Morgan fingerprint density at radius 3 is 2.35 bits per heavy atom. The maximum absolute atomic E-state index is 13.5. The highest BCUT2D eigenvalue weighted by molar-refractivity contribution is 7.09. The van der Waals surface area contributed by atoms with E-state index in [0.29, 0.717) is 66.4 Å². The van der Waals surface area contributed by atoms with Crippen LogP contribution in [0.15, 0.2) is 78.2 Å². The Morgan fingerprint density at radius 1 is 0.977 bits per heavy atom. The van der Waals surface area contributed by atoms with Gasteiger partial charge in [-0.2, -0.15) is 13.2 Å². The van der Waals surface area contributed by atoms with Crippen LogP contribution in [0.5, 0.6) is 11.5 Å². The molecule has 1 saturated heterocycles. The molecule has 1 aliphatic rings. The number of hydrogen-bond donors (Lipinski definition) is 1. The summed E-state index contributed by atoms with van der Waals surface area (Å²) in [5.41, 5.74) is 1.20. The van der Waals surface area contributed by atoms with Gasteiger partial charge in [0.05, 0.1) is 24.2 Å². The van der Waals surface area contributed by atoms with Crippen molar-refractivity contribution in [1.29, 1.82) is 0 Å². The fourth-order valence-corrected chi connectivity index (χ4v) is 5.96. The largest absolute Gasteiger partial charge is 0.493 e. The average molecular weight is 610 g/mol. The van der Waals surface area contributed by atoms with Crippen molar-refractivity contribution in [2.45, 2.75) is 24.9 Å². The highest BCUT2D eigenvalue weighted by atomic mass is 32.1. The van der Waals surface area contributed by atoms with E-state index in [9.17, 15) is 22.8 Å². The van der Waals surface area contributed by atoms with Crippen LogP contribution < -0.4 is 14.8 Å². The van der Waals surface area contributed by atoms with Crippen molar-refractivity contribution in [2.24, 2.45) is 0 Å². The molecule has 0 atom stereocenters. The fourth-order valence-electron chi connectivity index (χ4n) is 4.99. The third-order valence-corrected chi connectivity index (χ3v) is 8.29. The molecule has 1 N–H and O–H groups in total. The predicted octanol–water partition coefficient (Wildman–Crippen LogP) is 6.67. The van der Waals surface area contributed by atoms with E-state index in [1.807, 2.05) is 12.1 Å². The molecule has 0 bridgehead atoms. The van der Waals surface area contributed by atoms with Crippen LogP contribution in [0.1, 0.15) is 50.2 Å². The van der Waals surface area contributed by atoms with Gasteiger partial charge in [-0.1, -0.05) is 42.5 Å². The van der Waals surface area contributed by atoms with Crippen LogP contribution >= 0.6 is 11.3 Å². The lowest BCUT2D eigenvalue weighted by Gasteiger charge is -2.31. The van der Waals surface area contributed by atoms with E-state index in [4.69, 9.17) is 9.47 Å². The van der Waals surface area contributed by atoms with Crippen molar-refractivity contribution in [3.05, 3.63) is 100 Å². The van der Waals surface area contributed by atoms with Gasteiger partial charge in [0, 0.05) is 30.0 Å². The SMILES string of the molecule is COc1ccccc1OCCNC(=O)c1csc(C2CCN(C(=O)c3ccccc3-c3ccc(C(F)(F)F)cc3)CC2)n1. The topological polar surface area (TPSA) is 80.8 Å². The first-order chi connectivity index (χ1) is 20.7. The predicted molar refractivity (Wildman–Crippen MR) is 158 cm³/mol. The van der Waals surface area contributed by atoms with Crippen LogP contribution in [-0.4, -0.2) is 55.0 Å². The zero-order valence-electron chi connectivity index (χ0n) is 23.4. The monoisotopic (exact) mass is 609 g/mol. The number of nitrogens with zero attached hydrogens (tertiary/aromatic N) is 2. The lowest BCUT2D eigenvalue weighted by atomic mass is 9.94. The molecular formula is C32H30F3N3O4S. The Bertz CT molecular complexity index is 1560. The molecule has 0 aliphatic carbocycles. The number of ether oxygens (including phenoxy) is 2. The van der Waals surface area contributed by atoms with Gasteiger partial charge in [-0.05, 0) is 54.3 Å². The van der Waals surface area contributed by atoms with Gasteiger partial charge in [0.2, 0.25) is 0 Å². The van der Waals surface area contributed by atoms with Gasteiger partial charge in [0.15, 0.2) is 11.5 Å². The number of hydrogen-bond acceptors (Lipinski definition) is 6. The maximum Gasteiger partial charge on any atom is 0.416 e. The standard InChI is InChI=1S/C32H30F3N3O4S/c1-41-27-8-4-5-9-28(27)42-19-16-36-29(39)26-20-43-30(37-26)22-14-17-38(18-15-22)31(40)25-7-3-2-6-24(25)21-10-12-23(13-11-21)32(33,34)35/h2-13,20,22H,14-19H2,1H3,(H,36,39). The second kappa shape index (κ2) is 13.3. The van der Waals surface area contributed by atoms with Crippen molar-refractivity contribution < 1.29 is 32.2 Å². The Hall–Kier alpha value is -4.38. The number of amides is 2. The van der Waals surface area contributed by atoms with Crippen molar-refractivity contribution >= 4 is 23.2 Å². The van der Waals surface area contributed by atoms with Crippen LogP contribution in [0.2, 0.25) is 0 Å². The highest BCUT2D eigenvalue weighted by Gasteiger charge is 2.31. The van der Waals surface area contributed by atoms with Crippen molar-refractivity contribution in [2.75, 3.05) is 33.4 Å². The smallest absolute Gasteiger partial charge is 0.416 e. The number of aromatic nitrogens is 1. The van der Waals surface area contributed by atoms with Crippen LogP contribution in [0.4, 0.5) is 13.2 Å². The summed E-state index contributed by atoms with van der Waals surface area (Å²) in [7, 11) is 1.57. The number of methoxy groups -OCH3 is 1. The molecule has 0 radical (unpaired) electrons. The fraction of sp³-hybridized carbons (Fsp3) is 0.281. The van der Waals surface area contributed by atoms with Gasteiger partial charge in [0.25, 0.3) is 11.8 Å². The van der Waals surface area contributed by atoms with E-state index >= 15 is 0 Å². The Balaban J connectivity index is 1.14. The summed E-state index contributed by atoms with van der Waals surface area (Å²) >= 11 is 1.43. The third kappa shape index (κ3) is 7.16. The van der Waals surface area contributed by atoms with E-state index in [0.717, 1.165) is 17.1 Å². The van der Waals surface area contributed by atoms with Gasteiger partial charge in [-0.3, -0.25) is 9.59 Å². The number of halogens is 3. The summed E-state index contributed by atoms with van der Waals surface area (Å²) < 4.78 is 50.0. The summed E-state index contributed by atoms with van der Waals surface area (Å²) in [6, 6.07) is 19.1. The summed E-state index contributed by atoms with van der Waals surface area (Å²) in [6.45, 7) is 1.59. The van der Waals surface area contributed by atoms with Crippen molar-refractivity contribution in [3.63, 3.8) is 0 Å². The minimum Gasteiger partial charge on any atom is -0.493 e. The molecule has 2 heterocycles. The Labute approximate surface area is 251 Å². The number of rotatable bonds is 9. The quantitative estimate of drug-likeness (QED) is 0.215. The number of alkyl halides is 3. The molecule has 5 rings (SSSR count). The van der Waals surface area contributed by atoms with E-state index < -0.39 is 11.7 Å². The van der Waals surface area contributed by atoms with E-state index in [-0.39, 0.29) is 24.3 Å². The van der Waals surface area contributed by atoms with Crippen LogP contribution in [0.25, 0.3) is 11.1 Å². The van der Waals surface area contributed by atoms with Crippen molar-refractivity contribution in [1.82, 2.24) is 15.2 Å². The summed E-state index contributed by atoms with van der Waals surface area (Å²) in [5.74, 6) is 0.897. The van der Waals surface area contributed by atoms with Gasteiger partial charge in [-0.15, -0.1) is 11.3 Å². The minimum absolute atomic E-state index is 0.120. The molecule has 4 aromatic rings. The highest BCUT2D eigenvalue weighted by Crippen LogP contribution is 2.34. The summed E-state index contributed by atoms with van der Waals surface area (Å²) in [5, 5.41) is 5.42. The van der Waals surface area contributed by atoms with Gasteiger partial charge < -0.3 is 19.7 Å². The lowest BCUT2D eigenvalue weighted by Crippen LogP contribution is -2.38. The normalized spacial score (nSPS) is 13.9. The first-order valence-electron chi connectivity index (χ1n) is 13.8. The molecule has 0 spiro atoms. The van der Waals surface area contributed by atoms with E-state index in [2.05, 4.69) is 10.3 Å². The zero-order chi connectivity index (χ0) is 30.4. The summed E-state index contributed by atoms with van der Waals surface area (Å²) in [4.78, 5) is 32.4. The van der Waals surface area contributed by atoms with Crippen LogP contribution in [0, 0.1) is 0 Å². The minimum atomic E-state index is -4.42. The van der Waals surface area contributed by atoms with Crippen LogP contribution in [-0.2, 0) is 6.18 Å². The number of benzene rings is 3. The molecule has 2 amide bonds. The number of carbonyl (C=O) groups is 2. The second-order valence-electron chi connectivity index (χ2n) is 10.0. The van der Waals surface area contributed by atoms with Crippen LogP contribution in [0.3, 0.4) is 0 Å². The second-order valence-corrected chi connectivity index (χ2v) is 10.9. The molecule has 0 saturated carbocycles. The van der Waals surface area contributed by atoms with Gasteiger partial charge in [-0.25, -0.2) is 4.98 Å². The molecule has 0 unspecified atom stereocenters. The van der Waals surface area contributed by atoms with Crippen molar-refractivity contribution in [3.8, 4) is 22.6 Å². The number of likely N-dealkylation sites (tertiary alicyclic amines) is 1. The Morgan fingerprint density at radius 2 is 1.65 bits per heavy atom. The molecule has 11 heteroatoms. The lowest BCUT2D eigenvalue weighted by molar-refractivity contribution is -0.137. The number of para-hydroxylation sites is 2. The summed E-state index contributed by atoms with van der Waals surface area (Å²) in [6.07, 6.45) is -3.04. The molecule has 43 heavy (non-hydrogen) atoms. The molecule has 1 fully saturated rings. The number of thiazole rings is 1. The number of carbonyl (C=O) groups excluding carboxylic acids is 2. The molecular weight excluding hydrogens is 579 g/mol. The molecule has 3 aromatic carbocycles.